The molecule has 0 bridgehead atoms. The van der Waals surface area contributed by atoms with Crippen LogP contribution >= 0.6 is 0 Å². The molecular weight excluding hydrogens is 406 g/mol. The minimum atomic E-state index is -0.303. The highest BCUT2D eigenvalue weighted by molar-refractivity contribution is 6.03. The Morgan fingerprint density at radius 3 is 2.75 bits per heavy atom. The summed E-state index contributed by atoms with van der Waals surface area (Å²) in [5.74, 6) is 0.782. The van der Waals surface area contributed by atoms with Gasteiger partial charge in [0.25, 0.3) is 11.5 Å². The lowest BCUT2D eigenvalue weighted by Crippen LogP contribution is -2.33. The van der Waals surface area contributed by atoms with Crippen LogP contribution in [0.1, 0.15) is 58.7 Å². The number of aromatic nitrogens is 4. The van der Waals surface area contributed by atoms with Crippen LogP contribution < -0.4 is 5.56 Å². The van der Waals surface area contributed by atoms with Crippen molar-refractivity contribution in [2.45, 2.75) is 37.8 Å². The Balaban J connectivity index is 1.53. The van der Waals surface area contributed by atoms with Gasteiger partial charge in [-0.05, 0) is 41.7 Å². The molecule has 1 saturated heterocycles. The van der Waals surface area contributed by atoms with Crippen molar-refractivity contribution in [3.05, 3.63) is 74.8 Å². The third kappa shape index (κ3) is 2.20. The lowest BCUT2D eigenvalue weighted by molar-refractivity contribution is 0.0533. The third-order valence-corrected chi connectivity index (χ3v) is 7.45. The third-order valence-electron chi connectivity index (χ3n) is 7.45. The molecule has 1 fully saturated rings. The van der Waals surface area contributed by atoms with Crippen LogP contribution in [0.2, 0.25) is 0 Å². The van der Waals surface area contributed by atoms with Gasteiger partial charge >= 0.3 is 0 Å². The molecule has 8 nitrogen and oxygen atoms in total. The molecule has 7 rings (SSSR count). The summed E-state index contributed by atoms with van der Waals surface area (Å²) in [6.45, 7) is 4.08. The molecule has 3 aliphatic heterocycles. The highest BCUT2D eigenvalue weighted by Gasteiger charge is 2.43. The fourth-order valence-electron chi connectivity index (χ4n) is 5.64. The second-order valence-corrected chi connectivity index (χ2v) is 9.30. The van der Waals surface area contributed by atoms with Gasteiger partial charge in [-0.2, -0.15) is 0 Å². The Labute approximate surface area is 182 Å². The van der Waals surface area contributed by atoms with E-state index in [0.717, 1.165) is 29.7 Å². The first kappa shape index (κ1) is 18.1. The predicted octanol–water partition coefficient (Wildman–Crippen LogP) is 2.70. The molecule has 0 spiro atoms. The molecule has 4 aromatic rings. The van der Waals surface area contributed by atoms with Crippen LogP contribution in [0.25, 0.3) is 16.7 Å². The van der Waals surface area contributed by atoms with E-state index in [0.29, 0.717) is 30.8 Å². The smallest absolute Gasteiger partial charge is 0.294 e. The zero-order valence-corrected chi connectivity index (χ0v) is 17.6. The number of amides is 1. The first-order chi connectivity index (χ1) is 15.5. The van der Waals surface area contributed by atoms with Crippen molar-refractivity contribution in [1.29, 1.82) is 0 Å². The summed E-state index contributed by atoms with van der Waals surface area (Å²) < 4.78 is 7.47. The lowest BCUT2D eigenvalue weighted by Gasteiger charge is -2.31. The largest absolute Gasteiger partial charge is 0.381 e. The first-order valence-electron chi connectivity index (χ1n) is 11.0. The minimum Gasteiger partial charge on any atom is -0.381 e. The van der Waals surface area contributed by atoms with Gasteiger partial charge in [0.2, 0.25) is 5.65 Å². The van der Waals surface area contributed by atoms with E-state index in [9.17, 15) is 9.59 Å². The van der Waals surface area contributed by atoms with E-state index in [4.69, 9.17) is 4.74 Å². The molecule has 5 heterocycles. The van der Waals surface area contributed by atoms with Crippen LogP contribution in [-0.2, 0) is 16.7 Å². The predicted molar refractivity (Wildman–Crippen MR) is 117 cm³/mol. The molecule has 1 atom stereocenters. The van der Waals surface area contributed by atoms with Gasteiger partial charge in [0.1, 0.15) is 5.82 Å². The highest BCUT2D eigenvalue weighted by Crippen LogP contribution is 2.46. The topological polar surface area (TPSA) is 92.6 Å². The standard InChI is InChI=1S/C24H21N5O3/c1-24(6-8-32-9-7-24)23-27-26-20-21(30)25-17-10-16-15(11-18(17)29(20)23)19-14-5-3-2-4-13(14)12-28(19)22(16)31/h2-5,10-11,19H,6-9,12H2,1H3,(H,25,30). The number of H-pyrrole nitrogens is 1. The lowest BCUT2D eigenvalue weighted by atomic mass is 9.81. The summed E-state index contributed by atoms with van der Waals surface area (Å²) in [7, 11) is 0. The van der Waals surface area contributed by atoms with Gasteiger partial charge in [-0.1, -0.05) is 31.2 Å². The molecule has 1 N–H and O–H groups in total. The van der Waals surface area contributed by atoms with Crippen molar-refractivity contribution in [3.63, 3.8) is 0 Å². The summed E-state index contributed by atoms with van der Waals surface area (Å²) in [5, 5.41) is 8.72. The van der Waals surface area contributed by atoms with Crippen LogP contribution in [0, 0.1) is 0 Å². The Hall–Kier alpha value is -3.52. The van der Waals surface area contributed by atoms with Crippen molar-refractivity contribution < 1.29 is 9.53 Å². The average Bonchev–Trinajstić information content (AvgIpc) is 3.47. The van der Waals surface area contributed by atoms with Crippen molar-refractivity contribution in [2.24, 2.45) is 0 Å². The van der Waals surface area contributed by atoms with E-state index in [1.165, 1.54) is 11.1 Å². The molecule has 32 heavy (non-hydrogen) atoms. The van der Waals surface area contributed by atoms with Crippen LogP contribution in [0.3, 0.4) is 0 Å². The van der Waals surface area contributed by atoms with E-state index in [2.05, 4.69) is 34.2 Å². The summed E-state index contributed by atoms with van der Waals surface area (Å²) >= 11 is 0. The van der Waals surface area contributed by atoms with Crippen LogP contribution in [0.15, 0.2) is 41.2 Å². The average molecular weight is 427 g/mol. The maximum Gasteiger partial charge on any atom is 0.294 e. The Bertz CT molecular complexity index is 1510. The molecule has 8 heteroatoms. The minimum absolute atomic E-state index is 0.00409. The summed E-state index contributed by atoms with van der Waals surface area (Å²) in [5.41, 5.74) is 5.17. The Kier molecular flexibility index (Phi) is 3.41. The molecule has 3 aliphatic rings. The van der Waals surface area contributed by atoms with E-state index >= 15 is 0 Å². The quantitative estimate of drug-likeness (QED) is 0.504. The van der Waals surface area contributed by atoms with Crippen LogP contribution in [-0.4, -0.2) is 43.6 Å². The maximum atomic E-state index is 13.2. The molecule has 1 amide bonds. The zero-order valence-electron chi connectivity index (χ0n) is 17.6. The summed E-state index contributed by atoms with van der Waals surface area (Å²) in [6.07, 6.45) is 1.63. The molecule has 2 aromatic carbocycles. The molecule has 2 aromatic heterocycles. The van der Waals surface area contributed by atoms with Crippen LogP contribution in [0.4, 0.5) is 0 Å². The Morgan fingerprint density at radius 1 is 1.09 bits per heavy atom. The number of carbonyl (C=O) groups is 1. The van der Waals surface area contributed by atoms with Crippen molar-refractivity contribution >= 4 is 22.6 Å². The van der Waals surface area contributed by atoms with E-state index in [-0.39, 0.29) is 28.6 Å². The van der Waals surface area contributed by atoms with Gasteiger partial charge in [-0.3, -0.25) is 14.0 Å². The molecule has 0 aliphatic carbocycles. The summed E-state index contributed by atoms with van der Waals surface area (Å²) in [6, 6.07) is 12.0. The molecule has 0 radical (unpaired) electrons. The number of fused-ring (bicyclic) bond motifs is 8. The second-order valence-electron chi connectivity index (χ2n) is 9.30. The van der Waals surface area contributed by atoms with Gasteiger partial charge < -0.3 is 14.6 Å². The monoisotopic (exact) mass is 427 g/mol. The van der Waals surface area contributed by atoms with Crippen molar-refractivity contribution in [2.75, 3.05) is 13.2 Å². The number of nitrogens with one attached hydrogen (secondary N) is 1. The molecular formula is C24H21N5O3. The van der Waals surface area contributed by atoms with Crippen molar-refractivity contribution in [3.8, 4) is 0 Å². The fraction of sp³-hybridized carbons (Fsp3) is 0.333. The highest BCUT2D eigenvalue weighted by atomic mass is 16.5. The number of carbonyl (C=O) groups excluding carboxylic acids is 1. The number of ether oxygens (including phenoxy) is 1. The second kappa shape index (κ2) is 6.04. The zero-order chi connectivity index (χ0) is 21.6. The number of hydrogen-bond acceptors (Lipinski definition) is 5. The first-order valence-corrected chi connectivity index (χ1v) is 11.0. The van der Waals surface area contributed by atoms with E-state index < -0.39 is 0 Å². The Morgan fingerprint density at radius 2 is 1.91 bits per heavy atom. The number of benzene rings is 2. The van der Waals surface area contributed by atoms with E-state index in [1.807, 2.05) is 33.6 Å². The van der Waals surface area contributed by atoms with Gasteiger partial charge in [0.15, 0.2) is 0 Å². The van der Waals surface area contributed by atoms with Gasteiger partial charge in [0.05, 0.1) is 17.1 Å². The van der Waals surface area contributed by atoms with Gasteiger partial charge in [-0.25, -0.2) is 0 Å². The van der Waals surface area contributed by atoms with E-state index in [1.54, 1.807) is 0 Å². The van der Waals surface area contributed by atoms with Crippen LogP contribution in [0.5, 0.6) is 0 Å². The van der Waals surface area contributed by atoms with Gasteiger partial charge in [0, 0.05) is 30.7 Å². The number of nitrogens with zero attached hydrogens (tertiary/aromatic N) is 4. The fourth-order valence-corrected chi connectivity index (χ4v) is 5.64. The molecule has 1 unspecified atom stereocenters. The maximum absolute atomic E-state index is 13.2. The number of aromatic amines is 1. The molecule has 0 saturated carbocycles. The SMILES string of the molecule is CC1(c2nnc3c(=O)[nH]c4cc5c(cc4n23)C2c3ccccc3CN2C5=O)CCOCC1. The van der Waals surface area contributed by atoms with Gasteiger partial charge in [-0.15, -0.1) is 10.2 Å². The van der Waals surface area contributed by atoms with Crippen molar-refractivity contribution in [1.82, 2.24) is 24.5 Å². The number of hydrogen-bond donors (Lipinski definition) is 1. The molecule has 160 valence electrons. The summed E-state index contributed by atoms with van der Waals surface area (Å²) in [4.78, 5) is 30.9. The normalized spacial score (nSPS) is 21.2. The number of rotatable bonds is 1.